The molecule has 0 saturated carbocycles. The number of hydrogen-bond acceptors (Lipinski definition) is 9. The summed E-state index contributed by atoms with van der Waals surface area (Å²) >= 11 is 12.2. The third-order valence-corrected chi connectivity index (χ3v) is 4.47. The Morgan fingerprint density at radius 1 is 1.38 bits per heavy atom. The number of halogens is 2. The van der Waals surface area contributed by atoms with Crippen LogP contribution in [0, 0.1) is 0 Å². The van der Waals surface area contributed by atoms with Crippen molar-refractivity contribution < 1.29 is 24.5 Å². The van der Waals surface area contributed by atoms with Crippen LogP contribution in [0.25, 0.3) is 11.2 Å². The summed E-state index contributed by atoms with van der Waals surface area (Å²) in [5.74, 6) is -0.631. The first-order valence-electron chi connectivity index (χ1n) is 7.87. The van der Waals surface area contributed by atoms with Crippen LogP contribution < -0.4 is 5.73 Å². The molecule has 0 spiro atoms. The number of esters is 1. The molecule has 0 aliphatic carbocycles. The van der Waals surface area contributed by atoms with Gasteiger partial charge in [0.05, 0.1) is 6.61 Å². The molecule has 0 bridgehead atoms. The van der Waals surface area contributed by atoms with Crippen molar-refractivity contribution in [1.82, 2.24) is 19.5 Å². The number of aromatic nitrogens is 4. The number of aliphatic hydroxyl groups excluding tert-OH is 2. The Balaban J connectivity index is 2.06. The van der Waals surface area contributed by atoms with Crippen LogP contribution in [0.5, 0.6) is 0 Å². The number of nitrogens with zero attached hydrogens (tertiary/aromatic N) is 4. The first-order chi connectivity index (χ1) is 12.4. The van der Waals surface area contributed by atoms with Gasteiger partial charge in [-0.25, -0.2) is 4.98 Å². The number of anilines is 1. The molecule has 0 unspecified atom stereocenters. The van der Waals surface area contributed by atoms with Gasteiger partial charge in [-0.2, -0.15) is 9.97 Å². The molecule has 0 amide bonds. The highest BCUT2D eigenvalue weighted by molar-refractivity contribution is 6.34. The molecule has 1 aliphatic rings. The Bertz CT molecular complexity index is 832. The highest BCUT2D eigenvalue weighted by Crippen LogP contribution is 2.37. The summed E-state index contributed by atoms with van der Waals surface area (Å²) in [5, 5.41) is 19.7. The minimum Gasteiger partial charge on any atom is -0.455 e. The predicted molar refractivity (Wildman–Crippen MR) is 91.5 cm³/mol. The van der Waals surface area contributed by atoms with Gasteiger partial charge >= 0.3 is 5.97 Å². The van der Waals surface area contributed by atoms with Gasteiger partial charge in [0.2, 0.25) is 11.2 Å². The van der Waals surface area contributed by atoms with Crippen LogP contribution in [-0.4, -0.2) is 60.6 Å². The van der Waals surface area contributed by atoms with E-state index in [0.717, 1.165) is 0 Å². The van der Waals surface area contributed by atoms with E-state index < -0.39 is 37.1 Å². The number of hydrogen-bond donors (Lipinski definition) is 3. The Labute approximate surface area is 157 Å². The Kier molecular flexibility index (Phi) is 5.49. The van der Waals surface area contributed by atoms with Gasteiger partial charge in [0.25, 0.3) is 0 Å². The Morgan fingerprint density at radius 2 is 2.12 bits per heavy atom. The molecule has 142 valence electrons. The number of fused-ring (bicyclic) bond motifs is 1. The topological polar surface area (TPSA) is 146 Å². The second kappa shape index (κ2) is 7.49. The summed E-state index contributed by atoms with van der Waals surface area (Å²) in [6.07, 6.45) is -3.72. The van der Waals surface area contributed by atoms with Crippen LogP contribution >= 0.6 is 23.2 Å². The molecule has 4 atom stereocenters. The number of nitrogen functional groups attached to an aromatic ring is 1. The SMILES string of the molecule is CCCC(=O)O[C@@H]1[C@H](O)[C@@H](CO)O[C@H]1n1c(Cl)nc2c(Cl)nc(N)nc21. The lowest BCUT2D eigenvalue weighted by molar-refractivity contribution is -0.158. The molecule has 3 heterocycles. The van der Waals surface area contributed by atoms with Gasteiger partial charge in [0.1, 0.15) is 17.7 Å². The molecule has 2 aromatic rings. The van der Waals surface area contributed by atoms with Crippen molar-refractivity contribution >= 4 is 46.3 Å². The van der Waals surface area contributed by atoms with Gasteiger partial charge < -0.3 is 25.4 Å². The van der Waals surface area contributed by atoms with Crippen LogP contribution in [0.1, 0.15) is 26.0 Å². The molecule has 10 nitrogen and oxygen atoms in total. The Hall–Kier alpha value is -1.72. The number of carbonyl (C=O) groups is 1. The molecular formula is C14H17Cl2N5O5. The largest absolute Gasteiger partial charge is 0.455 e. The molecule has 12 heteroatoms. The van der Waals surface area contributed by atoms with Gasteiger partial charge in [-0.1, -0.05) is 18.5 Å². The summed E-state index contributed by atoms with van der Waals surface area (Å²) in [6, 6.07) is 0. The minimum atomic E-state index is -1.27. The van der Waals surface area contributed by atoms with Gasteiger partial charge in [-0.3, -0.25) is 9.36 Å². The second-order valence-corrected chi connectivity index (χ2v) is 6.43. The molecule has 2 aromatic heterocycles. The van der Waals surface area contributed by atoms with E-state index in [2.05, 4.69) is 15.0 Å². The zero-order chi connectivity index (χ0) is 19.0. The summed E-state index contributed by atoms with van der Waals surface area (Å²) in [7, 11) is 0. The fourth-order valence-corrected chi connectivity index (χ4v) is 3.25. The predicted octanol–water partition coefficient (Wildman–Crippen LogP) is 0.678. The normalized spacial score (nSPS) is 25.7. The van der Waals surface area contributed by atoms with E-state index in [9.17, 15) is 15.0 Å². The van der Waals surface area contributed by atoms with E-state index in [1.54, 1.807) is 0 Å². The van der Waals surface area contributed by atoms with E-state index in [1.165, 1.54) is 4.57 Å². The van der Waals surface area contributed by atoms with Crippen LogP contribution in [0.2, 0.25) is 10.4 Å². The zero-order valence-corrected chi connectivity index (χ0v) is 15.2. The number of imidazole rings is 1. The van der Waals surface area contributed by atoms with E-state index in [1.807, 2.05) is 6.92 Å². The van der Waals surface area contributed by atoms with E-state index in [0.29, 0.717) is 6.42 Å². The third-order valence-electron chi connectivity index (χ3n) is 3.94. The number of aliphatic hydroxyl groups is 2. The zero-order valence-electron chi connectivity index (χ0n) is 13.7. The van der Waals surface area contributed by atoms with Crippen molar-refractivity contribution in [2.75, 3.05) is 12.3 Å². The van der Waals surface area contributed by atoms with Crippen molar-refractivity contribution in [3.8, 4) is 0 Å². The van der Waals surface area contributed by atoms with Crippen molar-refractivity contribution in [2.24, 2.45) is 0 Å². The maximum absolute atomic E-state index is 11.9. The molecule has 3 rings (SSSR count). The maximum atomic E-state index is 11.9. The lowest BCUT2D eigenvalue weighted by atomic mass is 10.1. The monoisotopic (exact) mass is 405 g/mol. The minimum absolute atomic E-state index is 0.00932. The lowest BCUT2D eigenvalue weighted by Crippen LogP contribution is -2.37. The standard InChI is InChI=1S/C14H17Cl2N5O5/c1-2-3-6(23)26-9-8(24)5(4-22)25-12(9)21-11-7(18-13(21)16)10(15)19-14(17)20-11/h5,8-9,12,22,24H,2-4H2,1H3,(H2,17,19,20)/t5-,8-,9-,12-/m1/s1. The molecule has 0 aromatic carbocycles. The van der Waals surface area contributed by atoms with E-state index in [4.69, 9.17) is 38.4 Å². The fraction of sp³-hybridized carbons (Fsp3) is 0.571. The molecular weight excluding hydrogens is 389 g/mol. The first kappa shape index (κ1) is 19.1. The van der Waals surface area contributed by atoms with E-state index in [-0.39, 0.29) is 34.0 Å². The Morgan fingerprint density at radius 3 is 2.77 bits per heavy atom. The average molecular weight is 406 g/mol. The summed E-state index contributed by atoms with van der Waals surface area (Å²) < 4.78 is 12.3. The second-order valence-electron chi connectivity index (χ2n) is 5.74. The smallest absolute Gasteiger partial charge is 0.306 e. The van der Waals surface area contributed by atoms with Gasteiger partial charge in [-0.15, -0.1) is 0 Å². The van der Waals surface area contributed by atoms with Crippen molar-refractivity contribution in [1.29, 1.82) is 0 Å². The van der Waals surface area contributed by atoms with Crippen molar-refractivity contribution in [2.45, 2.75) is 44.3 Å². The summed E-state index contributed by atoms with van der Waals surface area (Å²) in [4.78, 5) is 23.9. The van der Waals surface area contributed by atoms with Gasteiger partial charge in [0, 0.05) is 6.42 Å². The van der Waals surface area contributed by atoms with Crippen LogP contribution in [0.3, 0.4) is 0 Å². The van der Waals surface area contributed by atoms with Crippen LogP contribution in [0.4, 0.5) is 5.95 Å². The quantitative estimate of drug-likeness (QED) is 0.371. The van der Waals surface area contributed by atoms with Crippen LogP contribution in [0.15, 0.2) is 0 Å². The molecule has 1 fully saturated rings. The summed E-state index contributed by atoms with van der Waals surface area (Å²) in [6.45, 7) is 1.33. The maximum Gasteiger partial charge on any atom is 0.306 e. The number of carbonyl (C=O) groups excluding carboxylic acids is 1. The summed E-state index contributed by atoms with van der Waals surface area (Å²) in [5.41, 5.74) is 5.96. The van der Waals surface area contributed by atoms with Crippen molar-refractivity contribution in [3.63, 3.8) is 0 Å². The number of nitrogens with two attached hydrogens (primary N) is 1. The molecule has 0 radical (unpaired) electrons. The first-order valence-corrected chi connectivity index (χ1v) is 8.63. The number of rotatable bonds is 5. The lowest BCUT2D eigenvalue weighted by Gasteiger charge is -2.22. The molecule has 1 saturated heterocycles. The van der Waals surface area contributed by atoms with Crippen LogP contribution in [-0.2, 0) is 14.3 Å². The third kappa shape index (κ3) is 3.30. The fourth-order valence-electron chi connectivity index (χ4n) is 2.77. The van der Waals surface area contributed by atoms with Gasteiger partial charge in [0.15, 0.2) is 23.1 Å². The van der Waals surface area contributed by atoms with E-state index >= 15 is 0 Å². The molecule has 26 heavy (non-hydrogen) atoms. The van der Waals surface area contributed by atoms with Gasteiger partial charge in [-0.05, 0) is 18.0 Å². The average Bonchev–Trinajstić information content (AvgIpc) is 3.05. The molecule has 4 N–H and O–H groups in total. The van der Waals surface area contributed by atoms with Crippen molar-refractivity contribution in [3.05, 3.63) is 10.4 Å². The highest BCUT2D eigenvalue weighted by Gasteiger charge is 2.48. The number of ether oxygens (including phenoxy) is 2. The highest BCUT2D eigenvalue weighted by atomic mass is 35.5. The molecule has 1 aliphatic heterocycles.